The minimum absolute atomic E-state index is 0.780. The quantitative estimate of drug-likeness (QED) is 0.457. The number of methoxy groups -OCH3 is 1. The van der Waals surface area contributed by atoms with Gasteiger partial charge >= 0.3 is 0 Å². The molecule has 26 heavy (non-hydrogen) atoms. The van der Waals surface area contributed by atoms with Gasteiger partial charge in [0.2, 0.25) is 0 Å². The van der Waals surface area contributed by atoms with Gasteiger partial charge in [-0.1, -0.05) is 65.3 Å². The van der Waals surface area contributed by atoms with Crippen molar-refractivity contribution in [2.75, 3.05) is 7.11 Å². The molecule has 0 radical (unpaired) electrons. The van der Waals surface area contributed by atoms with Crippen LogP contribution in [-0.4, -0.2) is 12.3 Å². The number of rotatable bonds is 4. The Morgan fingerprint density at radius 1 is 0.731 bits per heavy atom. The molecule has 0 N–H and O–H groups in total. The SMILES string of the molecule is COc1ccc(-c2noc(-c3ccc(C)cc3)c2-c2ccccc2)cc1. The minimum atomic E-state index is 0.780. The van der Waals surface area contributed by atoms with Gasteiger partial charge in [-0.05, 0) is 36.8 Å². The smallest absolute Gasteiger partial charge is 0.175 e. The van der Waals surface area contributed by atoms with Crippen molar-refractivity contribution in [3.63, 3.8) is 0 Å². The third-order valence-corrected chi connectivity index (χ3v) is 4.43. The van der Waals surface area contributed by atoms with Gasteiger partial charge in [-0.2, -0.15) is 0 Å². The molecule has 0 aliphatic carbocycles. The second kappa shape index (κ2) is 6.89. The molecule has 4 rings (SSSR count). The van der Waals surface area contributed by atoms with E-state index >= 15 is 0 Å². The van der Waals surface area contributed by atoms with E-state index in [1.807, 2.05) is 42.5 Å². The predicted molar refractivity (Wildman–Crippen MR) is 104 cm³/mol. The fraction of sp³-hybridized carbons (Fsp3) is 0.0870. The van der Waals surface area contributed by atoms with Crippen LogP contribution in [0.3, 0.4) is 0 Å². The average Bonchev–Trinajstić information content (AvgIpc) is 3.14. The van der Waals surface area contributed by atoms with Crippen molar-refractivity contribution in [2.45, 2.75) is 6.92 Å². The van der Waals surface area contributed by atoms with E-state index in [1.54, 1.807) is 7.11 Å². The first kappa shape index (κ1) is 16.2. The normalized spacial score (nSPS) is 10.7. The zero-order valence-electron chi connectivity index (χ0n) is 14.8. The van der Waals surface area contributed by atoms with Crippen LogP contribution in [0.25, 0.3) is 33.7 Å². The summed E-state index contributed by atoms with van der Waals surface area (Å²) in [7, 11) is 1.66. The number of nitrogens with zero attached hydrogens (tertiary/aromatic N) is 1. The lowest BCUT2D eigenvalue weighted by molar-refractivity contribution is 0.415. The van der Waals surface area contributed by atoms with Gasteiger partial charge in [0.15, 0.2) is 5.76 Å². The monoisotopic (exact) mass is 341 g/mol. The standard InChI is InChI=1S/C23H19NO2/c1-16-8-10-19(11-9-16)23-21(17-6-4-3-5-7-17)22(24-26-23)18-12-14-20(25-2)15-13-18/h3-15H,1-2H3. The third kappa shape index (κ3) is 3.00. The molecule has 1 aromatic heterocycles. The number of aryl methyl sites for hydroxylation is 1. The second-order valence-corrected chi connectivity index (χ2v) is 6.20. The highest BCUT2D eigenvalue weighted by molar-refractivity contribution is 5.90. The molecule has 3 heteroatoms. The number of aromatic nitrogens is 1. The minimum Gasteiger partial charge on any atom is -0.497 e. The molecule has 0 fully saturated rings. The molecule has 0 atom stereocenters. The van der Waals surface area contributed by atoms with Gasteiger partial charge in [0.05, 0.1) is 12.7 Å². The molecule has 0 saturated heterocycles. The Morgan fingerprint density at radius 3 is 2.04 bits per heavy atom. The van der Waals surface area contributed by atoms with Crippen molar-refractivity contribution in [1.29, 1.82) is 0 Å². The van der Waals surface area contributed by atoms with Crippen molar-refractivity contribution >= 4 is 0 Å². The first-order chi connectivity index (χ1) is 12.8. The van der Waals surface area contributed by atoms with Gasteiger partial charge < -0.3 is 9.26 Å². The zero-order valence-corrected chi connectivity index (χ0v) is 14.8. The maximum absolute atomic E-state index is 5.81. The van der Waals surface area contributed by atoms with Gasteiger partial charge in [-0.15, -0.1) is 0 Å². The highest BCUT2D eigenvalue weighted by atomic mass is 16.5. The topological polar surface area (TPSA) is 35.3 Å². The van der Waals surface area contributed by atoms with Crippen molar-refractivity contribution in [1.82, 2.24) is 5.16 Å². The molecular weight excluding hydrogens is 322 g/mol. The van der Waals surface area contributed by atoms with Crippen LogP contribution >= 0.6 is 0 Å². The first-order valence-corrected chi connectivity index (χ1v) is 8.53. The highest BCUT2D eigenvalue weighted by Crippen LogP contribution is 2.40. The summed E-state index contributed by atoms with van der Waals surface area (Å²) in [6.45, 7) is 2.07. The summed E-state index contributed by atoms with van der Waals surface area (Å²) in [4.78, 5) is 0. The number of hydrogen-bond donors (Lipinski definition) is 0. The Balaban J connectivity index is 1.90. The Hall–Kier alpha value is -3.33. The first-order valence-electron chi connectivity index (χ1n) is 8.53. The Bertz CT molecular complexity index is 1000. The van der Waals surface area contributed by atoms with Crippen molar-refractivity contribution in [3.8, 4) is 39.5 Å². The van der Waals surface area contributed by atoms with Gasteiger partial charge in [-0.3, -0.25) is 0 Å². The fourth-order valence-electron chi connectivity index (χ4n) is 3.01. The van der Waals surface area contributed by atoms with Gasteiger partial charge in [0, 0.05) is 11.1 Å². The van der Waals surface area contributed by atoms with E-state index in [2.05, 4.69) is 48.5 Å². The van der Waals surface area contributed by atoms with Crippen LogP contribution in [0.2, 0.25) is 0 Å². The molecule has 0 aliphatic rings. The van der Waals surface area contributed by atoms with Gasteiger partial charge in [0.25, 0.3) is 0 Å². The third-order valence-electron chi connectivity index (χ3n) is 4.43. The molecule has 0 unspecified atom stereocenters. The lowest BCUT2D eigenvalue weighted by Gasteiger charge is -2.06. The predicted octanol–water partition coefficient (Wildman–Crippen LogP) is 5.99. The Kier molecular flexibility index (Phi) is 4.28. The molecule has 0 amide bonds. The molecule has 0 saturated carbocycles. The summed E-state index contributed by atoms with van der Waals surface area (Å²) in [5.41, 5.74) is 6.13. The molecule has 3 aromatic carbocycles. The highest BCUT2D eigenvalue weighted by Gasteiger charge is 2.20. The number of hydrogen-bond acceptors (Lipinski definition) is 3. The van der Waals surface area contributed by atoms with E-state index in [1.165, 1.54) is 5.56 Å². The maximum atomic E-state index is 5.81. The fourth-order valence-corrected chi connectivity index (χ4v) is 3.01. The lowest BCUT2D eigenvalue weighted by atomic mass is 9.96. The molecule has 0 spiro atoms. The maximum Gasteiger partial charge on any atom is 0.175 e. The lowest BCUT2D eigenvalue weighted by Crippen LogP contribution is -1.86. The number of ether oxygens (including phenoxy) is 1. The summed E-state index contributed by atoms with van der Waals surface area (Å²) in [5, 5.41) is 4.40. The van der Waals surface area contributed by atoms with Crippen LogP contribution in [0.4, 0.5) is 0 Å². The van der Waals surface area contributed by atoms with E-state index in [9.17, 15) is 0 Å². The van der Waals surface area contributed by atoms with Crippen LogP contribution in [0.15, 0.2) is 83.4 Å². The molecule has 0 bridgehead atoms. The van der Waals surface area contributed by atoms with Crippen LogP contribution in [-0.2, 0) is 0 Å². The van der Waals surface area contributed by atoms with Crippen molar-refractivity contribution in [3.05, 3.63) is 84.4 Å². The van der Waals surface area contributed by atoms with E-state index in [0.29, 0.717) is 0 Å². The van der Waals surface area contributed by atoms with Crippen molar-refractivity contribution in [2.24, 2.45) is 0 Å². The number of benzene rings is 3. The second-order valence-electron chi connectivity index (χ2n) is 6.20. The van der Waals surface area contributed by atoms with Gasteiger partial charge in [0.1, 0.15) is 11.4 Å². The van der Waals surface area contributed by atoms with E-state index in [-0.39, 0.29) is 0 Å². The van der Waals surface area contributed by atoms with Crippen molar-refractivity contribution < 1.29 is 9.26 Å². The van der Waals surface area contributed by atoms with E-state index < -0.39 is 0 Å². The largest absolute Gasteiger partial charge is 0.497 e. The average molecular weight is 341 g/mol. The Labute approximate surface area is 152 Å². The van der Waals surface area contributed by atoms with E-state index in [0.717, 1.165) is 39.5 Å². The summed E-state index contributed by atoms with van der Waals surface area (Å²) >= 11 is 0. The summed E-state index contributed by atoms with van der Waals surface area (Å²) < 4.78 is 11.1. The molecule has 3 nitrogen and oxygen atoms in total. The Morgan fingerprint density at radius 2 is 1.38 bits per heavy atom. The summed E-state index contributed by atoms with van der Waals surface area (Å²) in [5.74, 6) is 1.60. The van der Waals surface area contributed by atoms with Crippen LogP contribution < -0.4 is 4.74 Å². The summed E-state index contributed by atoms with van der Waals surface area (Å²) in [6, 6.07) is 26.4. The molecule has 4 aromatic rings. The van der Waals surface area contributed by atoms with Crippen LogP contribution in [0.1, 0.15) is 5.56 Å². The molecule has 128 valence electrons. The summed E-state index contributed by atoms with van der Waals surface area (Å²) in [6.07, 6.45) is 0. The zero-order chi connectivity index (χ0) is 17.9. The molecular formula is C23H19NO2. The van der Waals surface area contributed by atoms with Gasteiger partial charge in [-0.25, -0.2) is 0 Å². The van der Waals surface area contributed by atoms with Crippen LogP contribution in [0.5, 0.6) is 5.75 Å². The molecule has 0 aliphatic heterocycles. The van der Waals surface area contributed by atoms with E-state index in [4.69, 9.17) is 9.26 Å². The van der Waals surface area contributed by atoms with Crippen LogP contribution in [0, 0.1) is 6.92 Å². The molecule has 1 heterocycles.